The highest BCUT2D eigenvalue weighted by Crippen LogP contribution is 2.33. The highest BCUT2D eigenvalue weighted by molar-refractivity contribution is 5.95. The van der Waals surface area contributed by atoms with E-state index in [4.69, 9.17) is 5.73 Å². The number of nitrogens with one attached hydrogen (secondary N) is 2. The predicted octanol–water partition coefficient (Wildman–Crippen LogP) is 4.92. The lowest BCUT2D eigenvalue weighted by molar-refractivity contribution is 1.11. The molecule has 0 radical (unpaired) electrons. The summed E-state index contributed by atoms with van der Waals surface area (Å²) in [6, 6.07) is 11.8. The zero-order chi connectivity index (χ0) is 22.1. The standard InChI is InChI=1S/C25H21N7/c1-3-6-18(21-7-4-5-8-28-21)19-10-23(30-15(19)2)25-20-11-22(29-14-24(20)31-32-25)16-9-17(26)13-27-12-16/h3-14,30H,1,26H2,2H3,(H,31,32)/b18-6+. The van der Waals surface area contributed by atoms with E-state index in [2.05, 4.69) is 42.8 Å². The van der Waals surface area contributed by atoms with Gasteiger partial charge in [-0.2, -0.15) is 5.10 Å². The molecule has 5 rings (SSSR count). The number of allylic oxidation sites excluding steroid dienone is 2. The third-order valence-corrected chi connectivity index (χ3v) is 5.29. The lowest BCUT2D eigenvalue weighted by atomic mass is 10.0. The maximum atomic E-state index is 5.90. The van der Waals surface area contributed by atoms with Crippen molar-refractivity contribution in [2.24, 2.45) is 0 Å². The van der Waals surface area contributed by atoms with Gasteiger partial charge in [-0.25, -0.2) is 0 Å². The molecule has 0 atom stereocenters. The normalized spacial score (nSPS) is 11.7. The fourth-order valence-electron chi connectivity index (χ4n) is 3.80. The van der Waals surface area contributed by atoms with Gasteiger partial charge in [0.05, 0.1) is 34.5 Å². The number of hydrogen-bond acceptors (Lipinski definition) is 5. The first kappa shape index (κ1) is 19.4. The molecule has 0 saturated heterocycles. The van der Waals surface area contributed by atoms with Crippen LogP contribution in [0, 0.1) is 6.92 Å². The van der Waals surface area contributed by atoms with E-state index in [1.54, 1.807) is 30.9 Å². The van der Waals surface area contributed by atoms with Gasteiger partial charge in [0, 0.05) is 46.4 Å². The Bertz CT molecular complexity index is 1460. The second kappa shape index (κ2) is 7.96. The summed E-state index contributed by atoms with van der Waals surface area (Å²) in [6.45, 7) is 5.91. The SMILES string of the molecule is C=C/C=C(/c1ccccn1)c1cc(-c2n[nH]c3cnc(-c4cncc(N)c4)cc23)[nH]c1C. The van der Waals surface area contributed by atoms with E-state index in [0.717, 1.165) is 56.1 Å². The first-order valence-corrected chi connectivity index (χ1v) is 10.1. The molecule has 0 aliphatic carbocycles. The zero-order valence-corrected chi connectivity index (χ0v) is 17.5. The summed E-state index contributed by atoms with van der Waals surface area (Å²) in [5.41, 5.74) is 14.6. The van der Waals surface area contributed by atoms with Crippen LogP contribution in [-0.4, -0.2) is 30.1 Å². The van der Waals surface area contributed by atoms with Gasteiger partial charge in [0.2, 0.25) is 0 Å². The van der Waals surface area contributed by atoms with Gasteiger partial charge >= 0.3 is 0 Å². The fourth-order valence-corrected chi connectivity index (χ4v) is 3.80. The summed E-state index contributed by atoms with van der Waals surface area (Å²) in [5.74, 6) is 0. The molecule has 32 heavy (non-hydrogen) atoms. The molecule has 0 spiro atoms. The van der Waals surface area contributed by atoms with Gasteiger partial charge in [0.25, 0.3) is 0 Å². The lowest BCUT2D eigenvalue weighted by Crippen LogP contribution is -1.91. The van der Waals surface area contributed by atoms with E-state index in [1.807, 2.05) is 43.3 Å². The third kappa shape index (κ3) is 3.45. The Morgan fingerprint density at radius 2 is 2.00 bits per heavy atom. The number of rotatable bonds is 5. The number of hydrogen-bond donors (Lipinski definition) is 3. The van der Waals surface area contributed by atoms with Crippen LogP contribution in [0.3, 0.4) is 0 Å². The van der Waals surface area contributed by atoms with Gasteiger partial charge < -0.3 is 10.7 Å². The number of H-pyrrole nitrogens is 2. The van der Waals surface area contributed by atoms with Crippen LogP contribution in [0.25, 0.3) is 39.1 Å². The topological polar surface area (TPSA) is 109 Å². The quantitative estimate of drug-likeness (QED) is 0.350. The minimum atomic E-state index is 0.595. The van der Waals surface area contributed by atoms with Crippen molar-refractivity contribution in [3.8, 4) is 22.6 Å². The van der Waals surface area contributed by atoms with Crippen molar-refractivity contribution in [2.75, 3.05) is 5.73 Å². The Hall–Kier alpha value is -4.52. The first-order chi connectivity index (χ1) is 15.6. The van der Waals surface area contributed by atoms with Gasteiger partial charge in [-0.1, -0.05) is 24.8 Å². The molecule has 0 fully saturated rings. The maximum absolute atomic E-state index is 5.90. The molecular weight excluding hydrogens is 398 g/mol. The van der Waals surface area contributed by atoms with Crippen molar-refractivity contribution in [3.63, 3.8) is 0 Å². The average molecular weight is 419 g/mol. The molecule has 156 valence electrons. The van der Waals surface area contributed by atoms with E-state index >= 15 is 0 Å². The first-order valence-electron chi connectivity index (χ1n) is 10.1. The van der Waals surface area contributed by atoms with E-state index < -0.39 is 0 Å². The molecule has 5 aromatic rings. The molecule has 0 saturated carbocycles. The van der Waals surface area contributed by atoms with Crippen LogP contribution in [-0.2, 0) is 0 Å². The monoisotopic (exact) mass is 419 g/mol. The maximum Gasteiger partial charge on any atom is 0.116 e. The Morgan fingerprint density at radius 1 is 1.09 bits per heavy atom. The van der Waals surface area contributed by atoms with Gasteiger partial charge in [0.15, 0.2) is 0 Å². The number of nitrogens with two attached hydrogens (primary N) is 1. The van der Waals surface area contributed by atoms with Crippen LogP contribution < -0.4 is 5.73 Å². The zero-order valence-electron chi connectivity index (χ0n) is 17.5. The Labute approximate surface area is 184 Å². The number of aromatic nitrogens is 6. The molecule has 7 nitrogen and oxygen atoms in total. The summed E-state index contributed by atoms with van der Waals surface area (Å²) in [5, 5.41) is 8.59. The summed E-state index contributed by atoms with van der Waals surface area (Å²) in [7, 11) is 0. The number of fused-ring (bicyclic) bond motifs is 1. The van der Waals surface area contributed by atoms with Crippen molar-refractivity contribution < 1.29 is 0 Å². The largest absolute Gasteiger partial charge is 0.397 e. The Balaban J connectivity index is 1.61. The molecule has 0 unspecified atom stereocenters. The summed E-state index contributed by atoms with van der Waals surface area (Å²) in [4.78, 5) is 16.7. The minimum absolute atomic E-state index is 0.595. The summed E-state index contributed by atoms with van der Waals surface area (Å²) >= 11 is 0. The minimum Gasteiger partial charge on any atom is -0.397 e. The number of anilines is 1. The highest BCUT2D eigenvalue weighted by atomic mass is 15.1. The highest BCUT2D eigenvalue weighted by Gasteiger charge is 2.17. The molecule has 0 aliphatic rings. The van der Waals surface area contributed by atoms with Crippen LogP contribution >= 0.6 is 0 Å². The van der Waals surface area contributed by atoms with Gasteiger partial charge in [-0.15, -0.1) is 0 Å². The number of aryl methyl sites for hydroxylation is 1. The van der Waals surface area contributed by atoms with Crippen LogP contribution in [0.2, 0.25) is 0 Å². The van der Waals surface area contributed by atoms with Crippen LogP contribution in [0.4, 0.5) is 5.69 Å². The van der Waals surface area contributed by atoms with Crippen molar-refractivity contribution in [1.82, 2.24) is 30.1 Å². The van der Waals surface area contributed by atoms with Gasteiger partial charge in [-0.05, 0) is 37.3 Å². The molecule has 5 heterocycles. The van der Waals surface area contributed by atoms with E-state index in [9.17, 15) is 0 Å². The van der Waals surface area contributed by atoms with E-state index in [1.165, 1.54) is 0 Å². The van der Waals surface area contributed by atoms with Crippen LogP contribution in [0.5, 0.6) is 0 Å². The number of nitrogens with zero attached hydrogens (tertiary/aromatic N) is 4. The van der Waals surface area contributed by atoms with Crippen molar-refractivity contribution >= 4 is 22.2 Å². The number of aromatic amines is 2. The van der Waals surface area contributed by atoms with E-state index in [0.29, 0.717) is 5.69 Å². The predicted molar refractivity (Wildman–Crippen MR) is 128 cm³/mol. The van der Waals surface area contributed by atoms with Crippen molar-refractivity contribution in [3.05, 3.63) is 96.9 Å². The van der Waals surface area contributed by atoms with Gasteiger partial charge in [-0.3, -0.25) is 20.1 Å². The van der Waals surface area contributed by atoms with Crippen LogP contribution in [0.1, 0.15) is 17.0 Å². The number of nitrogen functional groups attached to an aromatic ring is 1. The Kier molecular flexibility index (Phi) is 4.84. The third-order valence-electron chi connectivity index (χ3n) is 5.29. The van der Waals surface area contributed by atoms with Crippen LogP contribution in [0.15, 0.2) is 79.9 Å². The summed E-state index contributed by atoms with van der Waals surface area (Å²) < 4.78 is 0. The van der Waals surface area contributed by atoms with Crippen molar-refractivity contribution in [1.29, 1.82) is 0 Å². The molecule has 7 heteroatoms. The average Bonchev–Trinajstić information content (AvgIpc) is 3.41. The fraction of sp³-hybridized carbons (Fsp3) is 0.0400. The second-order valence-electron chi connectivity index (χ2n) is 7.45. The molecule has 5 aromatic heterocycles. The molecule has 0 amide bonds. The Morgan fingerprint density at radius 3 is 2.78 bits per heavy atom. The molecule has 0 aliphatic heterocycles. The summed E-state index contributed by atoms with van der Waals surface area (Å²) in [6.07, 6.45) is 10.7. The smallest absolute Gasteiger partial charge is 0.116 e. The van der Waals surface area contributed by atoms with Crippen molar-refractivity contribution in [2.45, 2.75) is 6.92 Å². The van der Waals surface area contributed by atoms with E-state index in [-0.39, 0.29) is 0 Å². The molecule has 4 N–H and O–H groups in total. The lowest BCUT2D eigenvalue weighted by Gasteiger charge is -2.05. The second-order valence-corrected chi connectivity index (χ2v) is 7.45. The number of pyridine rings is 3. The molecule has 0 aromatic carbocycles. The molecular formula is C25H21N7. The van der Waals surface area contributed by atoms with Gasteiger partial charge in [0.1, 0.15) is 5.69 Å². The molecule has 0 bridgehead atoms.